The van der Waals surface area contributed by atoms with Gasteiger partial charge in [-0.15, -0.1) is 0 Å². The minimum absolute atomic E-state index is 0.320. The summed E-state index contributed by atoms with van der Waals surface area (Å²) in [6, 6.07) is 0.839. The number of carbonyl (C=O) groups excluding carboxylic acids is 1. The van der Waals surface area contributed by atoms with E-state index in [1.54, 1.807) is 0 Å². The zero-order valence-electron chi connectivity index (χ0n) is 17.2. The molecular weight excluding hydrogens is 320 g/mol. The molecule has 0 aliphatic heterocycles. The van der Waals surface area contributed by atoms with Crippen LogP contribution in [0, 0.1) is 5.92 Å². The summed E-state index contributed by atoms with van der Waals surface area (Å²) in [5.41, 5.74) is 0. The van der Waals surface area contributed by atoms with Crippen molar-refractivity contribution in [3.63, 3.8) is 0 Å². The second-order valence-electron chi connectivity index (χ2n) is 8.74. The van der Waals surface area contributed by atoms with Crippen LogP contribution in [-0.4, -0.2) is 25.0 Å². The van der Waals surface area contributed by atoms with E-state index in [1.807, 2.05) is 0 Å². The molecule has 0 saturated heterocycles. The second kappa shape index (κ2) is 14.5. The molecule has 2 N–H and O–H groups in total. The Morgan fingerprint density at radius 1 is 0.615 bits per heavy atom. The molecule has 0 atom stereocenters. The maximum atomic E-state index is 11.9. The molecule has 0 heterocycles. The Balaban J connectivity index is 1.23. The maximum absolute atomic E-state index is 11.9. The van der Waals surface area contributed by atoms with Crippen LogP contribution in [0.25, 0.3) is 0 Å². The third-order valence-corrected chi connectivity index (χ3v) is 6.42. The van der Waals surface area contributed by atoms with Gasteiger partial charge < -0.3 is 10.6 Å². The van der Waals surface area contributed by atoms with Crippen molar-refractivity contribution >= 4 is 5.91 Å². The van der Waals surface area contributed by atoms with Gasteiger partial charge in [0.1, 0.15) is 0 Å². The van der Waals surface area contributed by atoms with Crippen molar-refractivity contribution in [2.75, 3.05) is 13.1 Å². The largest absolute Gasteiger partial charge is 0.356 e. The van der Waals surface area contributed by atoms with Crippen molar-refractivity contribution in [1.82, 2.24) is 10.6 Å². The first-order chi connectivity index (χ1) is 12.9. The van der Waals surface area contributed by atoms with E-state index in [0.717, 1.165) is 31.8 Å². The summed E-state index contributed by atoms with van der Waals surface area (Å²) in [7, 11) is 0. The van der Waals surface area contributed by atoms with Crippen LogP contribution in [0.1, 0.15) is 116 Å². The minimum Gasteiger partial charge on any atom is -0.356 e. The molecule has 0 aromatic rings. The molecule has 3 nitrogen and oxygen atoms in total. The molecule has 3 heteroatoms. The third kappa shape index (κ3) is 9.94. The van der Waals surface area contributed by atoms with Crippen LogP contribution in [0.15, 0.2) is 0 Å². The molecule has 0 radical (unpaired) electrons. The van der Waals surface area contributed by atoms with E-state index in [1.165, 1.54) is 103 Å². The molecule has 2 rings (SSSR count). The highest BCUT2D eigenvalue weighted by molar-refractivity contribution is 5.78. The van der Waals surface area contributed by atoms with Gasteiger partial charge >= 0.3 is 0 Å². The average Bonchev–Trinajstić information content (AvgIpc) is 3.35. The lowest BCUT2D eigenvalue weighted by Gasteiger charge is -2.11. The summed E-state index contributed by atoms with van der Waals surface area (Å²) in [6.45, 7) is 2.13. The molecule has 2 saturated carbocycles. The highest BCUT2D eigenvalue weighted by atomic mass is 16.1. The van der Waals surface area contributed by atoms with Gasteiger partial charge in [-0.3, -0.25) is 4.79 Å². The lowest BCUT2D eigenvalue weighted by Crippen LogP contribution is -2.30. The fraction of sp³-hybridized carbons (Fsp3) is 0.957. The highest BCUT2D eigenvalue weighted by Gasteiger charge is 2.21. The number of unbranched alkanes of at least 4 members (excludes halogenated alkanes) is 9. The van der Waals surface area contributed by atoms with Crippen molar-refractivity contribution in [1.29, 1.82) is 0 Å². The number of hydrogen-bond acceptors (Lipinski definition) is 2. The molecule has 2 aliphatic rings. The first-order valence-corrected chi connectivity index (χ1v) is 11.9. The lowest BCUT2D eigenvalue weighted by atomic mass is 10.1. The highest BCUT2D eigenvalue weighted by Crippen LogP contribution is 2.24. The zero-order chi connectivity index (χ0) is 18.3. The van der Waals surface area contributed by atoms with Gasteiger partial charge in [0.25, 0.3) is 0 Å². The number of nitrogens with one attached hydrogen (secondary N) is 2. The van der Waals surface area contributed by atoms with E-state index < -0.39 is 0 Å². The molecule has 2 fully saturated rings. The SMILES string of the molecule is O=C(NCCCCCCCCCCCCNC1CCCC1)C1CCCC1. The van der Waals surface area contributed by atoms with Crippen LogP contribution in [0.2, 0.25) is 0 Å². The summed E-state index contributed by atoms with van der Waals surface area (Å²) in [6.07, 6.45) is 24.0. The summed E-state index contributed by atoms with van der Waals surface area (Å²) < 4.78 is 0. The van der Waals surface area contributed by atoms with Crippen molar-refractivity contribution in [3.05, 3.63) is 0 Å². The van der Waals surface area contributed by atoms with E-state index >= 15 is 0 Å². The lowest BCUT2D eigenvalue weighted by molar-refractivity contribution is -0.124. The molecule has 0 bridgehead atoms. The van der Waals surface area contributed by atoms with Gasteiger partial charge in [-0.2, -0.15) is 0 Å². The van der Waals surface area contributed by atoms with Gasteiger partial charge in [-0.1, -0.05) is 77.0 Å². The normalized spacial score (nSPS) is 18.6. The molecule has 26 heavy (non-hydrogen) atoms. The topological polar surface area (TPSA) is 41.1 Å². The number of amides is 1. The quantitative estimate of drug-likeness (QED) is 0.365. The maximum Gasteiger partial charge on any atom is 0.223 e. The van der Waals surface area contributed by atoms with E-state index in [9.17, 15) is 4.79 Å². The minimum atomic E-state index is 0.320. The Morgan fingerprint density at radius 2 is 1.08 bits per heavy atom. The summed E-state index contributed by atoms with van der Waals surface area (Å²) in [4.78, 5) is 11.9. The van der Waals surface area contributed by atoms with Crippen LogP contribution in [0.3, 0.4) is 0 Å². The predicted octanol–water partition coefficient (Wildman–Crippen LogP) is 5.73. The van der Waals surface area contributed by atoms with E-state index in [-0.39, 0.29) is 0 Å². The molecule has 1 amide bonds. The first-order valence-electron chi connectivity index (χ1n) is 11.9. The van der Waals surface area contributed by atoms with Crippen LogP contribution in [0.4, 0.5) is 0 Å². The fourth-order valence-corrected chi connectivity index (χ4v) is 4.64. The van der Waals surface area contributed by atoms with Crippen molar-refractivity contribution < 1.29 is 4.79 Å². The van der Waals surface area contributed by atoms with Gasteiger partial charge in [0, 0.05) is 18.5 Å². The van der Waals surface area contributed by atoms with Crippen LogP contribution >= 0.6 is 0 Å². The molecule has 0 aromatic heterocycles. The molecule has 2 aliphatic carbocycles. The van der Waals surface area contributed by atoms with Gasteiger partial charge in [0.15, 0.2) is 0 Å². The molecule has 152 valence electrons. The molecule has 0 spiro atoms. The zero-order valence-corrected chi connectivity index (χ0v) is 17.2. The number of carbonyl (C=O) groups is 1. The number of hydrogen-bond donors (Lipinski definition) is 2. The third-order valence-electron chi connectivity index (χ3n) is 6.42. The molecular formula is C23H44N2O. The van der Waals surface area contributed by atoms with Crippen molar-refractivity contribution in [2.45, 2.75) is 122 Å². The summed E-state index contributed by atoms with van der Waals surface area (Å²) in [5.74, 6) is 0.648. The Hall–Kier alpha value is -0.570. The van der Waals surface area contributed by atoms with Crippen molar-refractivity contribution in [3.8, 4) is 0 Å². The van der Waals surface area contributed by atoms with Gasteiger partial charge in [0.05, 0.1) is 0 Å². The van der Waals surface area contributed by atoms with E-state index in [0.29, 0.717) is 11.8 Å². The van der Waals surface area contributed by atoms with Crippen LogP contribution < -0.4 is 10.6 Å². The number of rotatable bonds is 15. The van der Waals surface area contributed by atoms with E-state index in [2.05, 4.69) is 10.6 Å². The van der Waals surface area contributed by atoms with Crippen molar-refractivity contribution in [2.24, 2.45) is 5.92 Å². The Bertz CT molecular complexity index is 346. The first kappa shape index (κ1) is 21.7. The predicted molar refractivity (Wildman–Crippen MR) is 111 cm³/mol. The summed E-state index contributed by atoms with van der Waals surface area (Å²) >= 11 is 0. The summed E-state index contributed by atoms with van der Waals surface area (Å²) in [5, 5.41) is 6.85. The molecule has 0 aromatic carbocycles. The monoisotopic (exact) mass is 364 g/mol. The average molecular weight is 365 g/mol. The Morgan fingerprint density at radius 3 is 1.65 bits per heavy atom. The standard InChI is InChI=1S/C23H44N2O/c26-23(21-15-9-10-16-21)25-20-14-8-6-4-2-1-3-5-7-13-19-24-22-17-11-12-18-22/h21-22,24H,1-20H2,(H,25,26). The van der Waals surface area contributed by atoms with Gasteiger partial charge in [-0.25, -0.2) is 0 Å². The van der Waals surface area contributed by atoms with E-state index in [4.69, 9.17) is 0 Å². The van der Waals surface area contributed by atoms with Gasteiger partial charge in [0.2, 0.25) is 5.91 Å². The van der Waals surface area contributed by atoms with Crippen LogP contribution in [0.5, 0.6) is 0 Å². The van der Waals surface area contributed by atoms with Crippen LogP contribution in [-0.2, 0) is 4.79 Å². The molecule has 0 unspecified atom stereocenters. The smallest absolute Gasteiger partial charge is 0.223 e. The second-order valence-corrected chi connectivity index (χ2v) is 8.74. The Labute approximate surface area is 162 Å². The van der Waals surface area contributed by atoms with Gasteiger partial charge in [-0.05, 0) is 45.1 Å². The Kier molecular flexibility index (Phi) is 12.1. The fourth-order valence-electron chi connectivity index (χ4n) is 4.64.